The molecule has 144 valence electrons. The molecular weight excluding hydrogens is 388 g/mol. The number of ketones is 2. The number of Topliss-reactive ketones (excluding diaryl/α,β-unsaturated/α-hetero) is 1. The lowest BCUT2D eigenvalue weighted by Crippen LogP contribution is -2.06. The number of halogens is 1. The highest BCUT2D eigenvalue weighted by Gasteiger charge is 2.21. The molecule has 0 amide bonds. The van der Waals surface area contributed by atoms with Crippen LogP contribution in [0.25, 0.3) is 16.5 Å². The van der Waals surface area contributed by atoms with Gasteiger partial charge in [0.1, 0.15) is 11.4 Å². The molecule has 0 aliphatic carbocycles. The van der Waals surface area contributed by atoms with Gasteiger partial charge >= 0.3 is 0 Å². The van der Waals surface area contributed by atoms with Gasteiger partial charge in [-0.05, 0) is 53.2 Å². The van der Waals surface area contributed by atoms with Crippen LogP contribution in [0.4, 0.5) is 0 Å². The van der Waals surface area contributed by atoms with E-state index in [4.69, 9.17) is 16.3 Å². The Kier molecular flexibility index (Phi) is 4.91. The monoisotopic (exact) mass is 404 g/mol. The largest absolute Gasteiger partial charge is 0.497 e. The number of methoxy groups -OCH3 is 1. The number of nitrogens with zero attached hydrogens (tertiary/aromatic N) is 2. The predicted molar refractivity (Wildman–Crippen MR) is 113 cm³/mol. The molecular formula is C23H17ClN2O3. The second-order valence-corrected chi connectivity index (χ2v) is 7.06. The number of hydrogen-bond donors (Lipinski definition) is 0. The smallest absolute Gasteiger partial charge is 0.196 e. The van der Waals surface area contributed by atoms with Gasteiger partial charge in [0.05, 0.1) is 18.4 Å². The van der Waals surface area contributed by atoms with Gasteiger partial charge in [0.2, 0.25) is 0 Å². The third-order valence-electron chi connectivity index (χ3n) is 4.69. The van der Waals surface area contributed by atoms with E-state index < -0.39 is 0 Å². The van der Waals surface area contributed by atoms with Crippen LogP contribution in [-0.4, -0.2) is 28.5 Å². The number of carbonyl (C=O) groups excluding carboxylic acids is 2. The number of hydrogen-bond acceptors (Lipinski definition) is 4. The summed E-state index contributed by atoms with van der Waals surface area (Å²) in [5.41, 5.74) is 1.60. The first-order valence-corrected chi connectivity index (χ1v) is 9.33. The van der Waals surface area contributed by atoms with Crippen molar-refractivity contribution >= 4 is 33.9 Å². The second-order valence-electron chi connectivity index (χ2n) is 6.63. The van der Waals surface area contributed by atoms with E-state index in [1.165, 1.54) is 11.6 Å². The van der Waals surface area contributed by atoms with E-state index >= 15 is 0 Å². The Balaban J connectivity index is 1.77. The maximum absolute atomic E-state index is 13.2. The number of carbonyl (C=O) groups is 2. The third-order valence-corrected chi connectivity index (χ3v) is 4.95. The van der Waals surface area contributed by atoms with Gasteiger partial charge in [0, 0.05) is 23.7 Å². The van der Waals surface area contributed by atoms with Gasteiger partial charge in [-0.15, -0.1) is 0 Å². The summed E-state index contributed by atoms with van der Waals surface area (Å²) < 4.78 is 6.76. The Morgan fingerprint density at radius 3 is 2.34 bits per heavy atom. The molecule has 4 rings (SSSR count). The highest BCUT2D eigenvalue weighted by atomic mass is 35.5. The van der Waals surface area contributed by atoms with E-state index in [2.05, 4.69) is 5.10 Å². The third kappa shape index (κ3) is 3.65. The van der Waals surface area contributed by atoms with E-state index in [0.29, 0.717) is 16.3 Å². The summed E-state index contributed by atoms with van der Waals surface area (Å²) in [6.07, 6.45) is 1.58. The fraction of sp³-hybridized carbons (Fsp3) is 0.0870. The van der Waals surface area contributed by atoms with Crippen molar-refractivity contribution in [2.45, 2.75) is 6.92 Å². The van der Waals surface area contributed by atoms with Crippen molar-refractivity contribution in [3.8, 4) is 11.4 Å². The molecule has 0 saturated carbocycles. The molecule has 29 heavy (non-hydrogen) atoms. The molecule has 0 atom stereocenters. The van der Waals surface area contributed by atoms with Crippen LogP contribution in [0.2, 0.25) is 5.02 Å². The molecule has 0 radical (unpaired) electrons. The van der Waals surface area contributed by atoms with Crippen LogP contribution >= 0.6 is 11.6 Å². The van der Waals surface area contributed by atoms with E-state index in [-0.39, 0.29) is 22.8 Å². The van der Waals surface area contributed by atoms with Gasteiger partial charge in [0.15, 0.2) is 11.6 Å². The number of ether oxygens (including phenoxy) is 1. The van der Waals surface area contributed by atoms with Crippen LogP contribution in [0.1, 0.15) is 33.3 Å². The Bertz CT molecular complexity index is 1240. The topological polar surface area (TPSA) is 61.2 Å². The summed E-state index contributed by atoms with van der Waals surface area (Å²) in [6, 6.07) is 18.1. The fourth-order valence-electron chi connectivity index (χ4n) is 3.17. The fourth-order valence-corrected chi connectivity index (χ4v) is 3.30. The molecule has 0 unspecified atom stereocenters. The van der Waals surface area contributed by atoms with Gasteiger partial charge in [-0.1, -0.05) is 29.8 Å². The zero-order valence-electron chi connectivity index (χ0n) is 15.8. The summed E-state index contributed by atoms with van der Waals surface area (Å²) in [6.45, 7) is 1.40. The van der Waals surface area contributed by atoms with Crippen molar-refractivity contribution in [2.24, 2.45) is 0 Å². The summed E-state index contributed by atoms with van der Waals surface area (Å²) in [7, 11) is 1.61. The molecule has 1 aromatic heterocycles. The van der Waals surface area contributed by atoms with Gasteiger partial charge in [-0.2, -0.15) is 5.10 Å². The summed E-state index contributed by atoms with van der Waals surface area (Å²) in [5.74, 6) is 0.222. The second kappa shape index (κ2) is 7.53. The minimum absolute atomic E-state index is 0.139. The Morgan fingerprint density at radius 1 is 0.966 bits per heavy atom. The lowest BCUT2D eigenvalue weighted by molar-refractivity contribution is 0.0987. The van der Waals surface area contributed by atoms with Crippen molar-refractivity contribution in [3.63, 3.8) is 0 Å². The summed E-state index contributed by atoms with van der Waals surface area (Å²) >= 11 is 5.94. The predicted octanol–water partition coefficient (Wildman–Crippen LogP) is 5.12. The van der Waals surface area contributed by atoms with Gasteiger partial charge < -0.3 is 4.74 Å². The molecule has 6 heteroatoms. The molecule has 0 aliphatic heterocycles. The first-order valence-electron chi connectivity index (χ1n) is 8.95. The van der Waals surface area contributed by atoms with E-state index in [1.807, 2.05) is 24.3 Å². The lowest BCUT2D eigenvalue weighted by atomic mass is 9.99. The quantitative estimate of drug-likeness (QED) is 0.433. The number of aromatic nitrogens is 2. The van der Waals surface area contributed by atoms with Crippen molar-refractivity contribution < 1.29 is 14.3 Å². The highest BCUT2D eigenvalue weighted by molar-refractivity contribution is 6.30. The van der Waals surface area contributed by atoms with Gasteiger partial charge in [-0.25, -0.2) is 4.68 Å². The molecule has 3 aromatic carbocycles. The van der Waals surface area contributed by atoms with Crippen LogP contribution in [0.5, 0.6) is 5.75 Å². The van der Waals surface area contributed by atoms with Crippen molar-refractivity contribution in [3.05, 3.63) is 88.7 Å². The maximum Gasteiger partial charge on any atom is 0.196 e. The molecule has 4 aromatic rings. The Labute approximate surface area is 172 Å². The van der Waals surface area contributed by atoms with Crippen LogP contribution in [-0.2, 0) is 0 Å². The normalized spacial score (nSPS) is 10.9. The summed E-state index contributed by atoms with van der Waals surface area (Å²) in [4.78, 5) is 25.3. The van der Waals surface area contributed by atoms with E-state index in [9.17, 15) is 9.59 Å². The van der Waals surface area contributed by atoms with Crippen molar-refractivity contribution in [2.75, 3.05) is 7.11 Å². The molecule has 5 nitrogen and oxygen atoms in total. The number of rotatable bonds is 5. The van der Waals surface area contributed by atoms with E-state index in [0.717, 1.165) is 16.5 Å². The average Bonchev–Trinajstić information content (AvgIpc) is 3.18. The van der Waals surface area contributed by atoms with Crippen molar-refractivity contribution in [1.29, 1.82) is 0 Å². The molecule has 1 heterocycles. The van der Waals surface area contributed by atoms with Gasteiger partial charge in [-0.3, -0.25) is 9.59 Å². The molecule has 0 spiro atoms. The first kappa shape index (κ1) is 18.9. The van der Waals surface area contributed by atoms with Crippen LogP contribution in [0.3, 0.4) is 0 Å². The van der Waals surface area contributed by atoms with Crippen LogP contribution in [0, 0.1) is 0 Å². The zero-order valence-corrected chi connectivity index (χ0v) is 16.6. The van der Waals surface area contributed by atoms with Crippen LogP contribution in [0.15, 0.2) is 66.9 Å². The lowest BCUT2D eigenvalue weighted by Gasteiger charge is -2.05. The number of benzene rings is 3. The van der Waals surface area contributed by atoms with Gasteiger partial charge in [0.25, 0.3) is 0 Å². The summed E-state index contributed by atoms with van der Waals surface area (Å²) in [5, 5.41) is 6.79. The molecule has 0 saturated heterocycles. The molecule has 0 N–H and O–H groups in total. The molecule has 0 aliphatic rings. The average molecular weight is 405 g/mol. The Morgan fingerprint density at radius 2 is 1.66 bits per heavy atom. The van der Waals surface area contributed by atoms with Crippen LogP contribution < -0.4 is 4.74 Å². The number of fused-ring (bicyclic) bond motifs is 1. The minimum atomic E-state index is -0.272. The molecule has 0 fully saturated rings. The molecule has 0 bridgehead atoms. The first-order chi connectivity index (χ1) is 14.0. The zero-order chi connectivity index (χ0) is 20.5. The standard InChI is InChI=1S/C23H17ClN2O3/c1-14(27)22-21(13-26(25-22)19-8-6-18(24)7-9-19)23(28)17-4-3-16-12-20(29-2)10-5-15(16)11-17/h3-13H,1-2H3. The maximum atomic E-state index is 13.2. The van der Waals surface area contributed by atoms with E-state index in [1.54, 1.807) is 49.7 Å². The minimum Gasteiger partial charge on any atom is -0.497 e. The highest BCUT2D eigenvalue weighted by Crippen LogP contribution is 2.24. The van der Waals surface area contributed by atoms with Crippen molar-refractivity contribution in [1.82, 2.24) is 9.78 Å². The Hall–Kier alpha value is -3.44. The SMILES string of the molecule is COc1ccc2cc(C(=O)c3cn(-c4ccc(Cl)cc4)nc3C(C)=O)ccc2c1.